The zero-order valence-electron chi connectivity index (χ0n) is 5.82. The molecule has 0 radical (unpaired) electrons. The van der Waals surface area contributed by atoms with E-state index in [1.807, 2.05) is 5.38 Å². The van der Waals surface area contributed by atoms with Crippen molar-refractivity contribution in [3.05, 3.63) is 15.4 Å². The summed E-state index contributed by atoms with van der Waals surface area (Å²) in [5, 5.41) is 3.38. The summed E-state index contributed by atoms with van der Waals surface area (Å²) in [7, 11) is 0. The van der Waals surface area contributed by atoms with Gasteiger partial charge in [0, 0.05) is 5.38 Å². The Morgan fingerprint density at radius 1 is 1.50 bits per heavy atom. The van der Waals surface area contributed by atoms with Crippen LogP contribution in [0.25, 0.3) is 10.7 Å². The summed E-state index contributed by atoms with van der Waals surface area (Å²) in [4.78, 5) is 8.28. The van der Waals surface area contributed by atoms with Crippen molar-refractivity contribution in [1.82, 2.24) is 9.97 Å². The molecule has 0 bridgehead atoms. The van der Waals surface area contributed by atoms with Crippen LogP contribution in [0.2, 0.25) is 0 Å². The molecule has 0 saturated carbocycles. The molecule has 2 aromatic rings. The standard InChI is InChI=1S/C6H4BrN3S2/c7-4-1-9-5(12-4)3-2-11-6(8)10-3/h1-2H,(H2,8,10). The molecule has 0 aliphatic carbocycles. The number of rotatable bonds is 1. The predicted molar refractivity (Wildman–Crippen MR) is 55.3 cm³/mol. The topological polar surface area (TPSA) is 51.8 Å². The van der Waals surface area contributed by atoms with Crippen molar-refractivity contribution in [3.63, 3.8) is 0 Å². The molecule has 0 amide bonds. The Morgan fingerprint density at radius 3 is 2.83 bits per heavy atom. The summed E-state index contributed by atoms with van der Waals surface area (Å²) >= 11 is 6.31. The Morgan fingerprint density at radius 2 is 2.33 bits per heavy atom. The monoisotopic (exact) mass is 261 g/mol. The van der Waals surface area contributed by atoms with E-state index in [1.54, 1.807) is 17.5 Å². The SMILES string of the molecule is Nc1nc(-c2ncc(Br)s2)cs1. The van der Waals surface area contributed by atoms with Crippen LogP contribution in [-0.4, -0.2) is 9.97 Å². The Bertz CT molecular complexity index is 357. The van der Waals surface area contributed by atoms with E-state index in [1.165, 1.54) is 11.3 Å². The third-order valence-corrected chi connectivity index (χ3v) is 3.39. The summed E-state index contributed by atoms with van der Waals surface area (Å²) in [6.07, 6.45) is 1.76. The fraction of sp³-hybridized carbons (Fsp3) is 0. The molecule has 62 valence electrons. The van der Waals surface area contributed by atoms with Crippen LogP contribution in [0.4, 0.5) is 5.13 Å². The maximum atomic E-state index is 5.50. The third-order valence-electron chi connectivity index (χ3n) is 1.22. The highest BCUT2D eigenvalue weighted by molar-refractivity contribution is 9.11. The number of anilines is 1. The molecule has 0 atom stereocenters. The van der Waals surface area contributed by atoms with Gasteiger partial charge in [-0.2, -0.15) is 0 Å². The van der Waals surface area contributed by atoms with Crippen molar-refractivity contribution in [2.24, 2.45) is 0 Å². The first kappa shape index (κ1) is 8.15. The van der Waals surface area contributed by atoms with Gasteiger partial charge < -0.3 is 5.73 Å². The van der Waals surface area contributed by atoms with Gasteiger partial charge in [-0.3, -0.25) is 0 Å². The van der Waals surface area contributed by atoms with Crippen LogP contribution in [0.3, 0.4) is 0 Å². The molecule has 0 aliphatic rings. The fourth-order valence-corrected chi connectivity index (χ4v) is 2.55. The number of nitrogen functional groups attached to an aromatic ring is 1. The van der Waals surface area contributed by atoms with Crippen molar-refractivity contribution in [3.8, 4) is 10.7 Å². The van der Waals surface area contributed by atoms with Gasteiger partial charge >= 0.3 is 0 Å². The largest absolute Gasteiger partial charge is 0.375 e. The van der Waals surface area contributed by atoms with Crippen LogP contribution in [-0.2, 0) is 0 Å². The molecule has 0 aromatic carbocycles. The lowest BCUT2D eigenvalue weighted by Crippen LogP contribution is -1.81. The fourth-order valence-electron chi connectivity index (χ4n) is 0.759. The van der Waals surface area contributed by atoms with Gasteiger partial charge in [0.2, 0.25) is 0 Å². The number of thiazole rings is 2. The van der Waals surface area contributed by atoms with Crippen LogP contribution in [0, 0.1) is 0 Å². The minimum absolute atomic E-state index is 0.580. The van der Waals surface area contributed by atoms with Crippen LogP contribution in [0.15, 0.2) is 15.4 Å². The average molecular weight is 262 g/mol. The lowest BCUT2D eigenvalue weighted by molar-refractivity contribution is 1.34. The van der Waals surface area contributed by atoms with E-state index < -0.39 is 0 Å². The minimum atomic E-state index is 0.580. The Balaban J connectivity index is 2.43. The number of aromatic nitrogens is 2. The summed E-state index contributed by atoms with van der Waals surface area (Å²) in [5.74, 6) is 0. The second-order valence-corrected chi connectivity index (χ2v) is 5.34. The Labute approximate surface area is 85.4 Å². The van der Waals surface area contributed by atoms with Crippen LogP contribution in [0.1, 0.15) is 0 Å². The normalized spacial score (nSPS) is 10.4. The van der Waals surface area contributed by atoms with E-state index in [4.69, 9.17) is 5.73 Å². The van der Waals surface area contributed by atoms with E-state index in [-0.39, 0.29) is 0 Å². The summed E-state index contributed by atoms with van der Waals surface area (Å²) < 4.78 is 1.00. The van der Waals surface area contributed by atoms with Gasteiger partial charge in [0.15, 0.2) is 5.13 Å². The maximum absolute atomic E-state index is 5.50. The molecule has 2 N–H and O–H groups in total. The molecular weight excluding hydrogens is 258 g/mol. The van der Waals surface area contributed by atoms with Crippen molar-refractivity contribution in [1.29, 1.82) is 0 Å². The van der Waals surface area contributed by atoms with Crippen molar-refractivity contribution in [2.45, 2.75) is 0 Å². The summed E-state index contributed by atoms with van der Waals surface area (Å²) in [5.41, 5.74) is 6.35. The first-order valence-corrected chi connectivity index (χ1v) is 5.57. The zero-order valence-corrected chi connectivity index (χ0v) is 9.04. The summed E-state index contributed by atoms with van der Waals surface area (Å²) in [6, 6.07) is 0. The lowest BCUT2D eigenvalue weighted by Gasteiger charge is -1.83. The summed E-state index contributed by atoms with van der Waals surface area (Å²) in [6.45, 7) is 0. The Kier molecular flexibility index (Phi) is 2.12. The van der Waals surface area contributed by atoms with Gasteiger partial charge in [0.05, 0.1) is 9.98 Å². The van der Waals surface area contributed by atoms with Gasteiger partial charge in [-0.25, -0.2) is 9.97 Å². The second-order valence-electron chi connectivity index (χ2n) is 2.04. The van der Waals surface area contributed by atoms with Crippen LogP contribution < -0.4 is 5.73 Å². The van der Waals surface area contributed by atoms with Crippen molar-refractivity contribution in [2.75, 3.05) is 5.73 Å². The highest BCUT2D eigenvalue weighted by Crippen LogP contribution is 2.29. The van der Waals surface area contributed by atoms with Crippen molar-refractivity contribution >= 4 is 43.7 Å². The minimum Gasteiger partial charge on any atom is -0.375 e. The number of nitrogens with zero attached hydrogens (tertiary/aromatic N) is 2. The van der Waals surface area contributed by atoms with Gasteiger partial charge in [-0.05, 0) is 15.9 Å². The van der Waals surface area contributed by atoms with Crippen LogP contribution in [0.5, 0.6) is 0 Å². The number of hydrogen-bond acceptors (Lipinski definition) is 5. The zero-order chi connectivity index (χ0) is 8.55. The van der Waals surface area contributed by atoms with Gasteiger partial charge in [0.1, 0.15) is 10.7 Å². The van der Waals surface area contributed by atoms with E-state index in [9.17, 15) is 0 Å². The van der Waals surface area contributed by atoms with Crippen molar-refractivity contribution < 1.29 is 0 Å². The lowest BCUT2D eigenvalue weighted by atomic mass is 10.5. The molecule has 2 heterocycles. The maximum Gasteiger partial charge on any atom is 0.180 e. The van der Waals surface area contributed by atoms with Gasteiger partial charge in [-0.15, -0.1) is 22.7 Å². The number of hydrogen-bond donors (Lipinski definition) is 1. The smallest absolute Gasteiger partial charge is 0.180 e. The Hall–Kier alpha value is -0.460. The third kappa shape index (κ3) is 1.50. The van der Waals surface area contributed by atoms with E-state index >= 15 is 0 Å². The molecular formula is C6H4BrN3S2. The second kappa shape index (κ2) is 3.12. The van der Waals surface area contributed by atoms with Gasteiger partial charge in [0.25, 0.3) is 0 Å². The molecule has 0 fully saturated rings. The molecule has 0 unspecified atom stereocenters. The van der Waals surface area contributed by atoms with E-state index in [0.29, 0.717) is 5.13 Å². The molecule has 0 aliphatic heterocycles. The first-order chi connectivity index (χ1) is 5.75. The molecule has 2 rings (SSSR count). The molecule has 3 nitrogen and oxygen atoms in total. The highest BCUT2D eigenvalue weighted by atomic mass is 79.9. The average Bonchev–Trinajstić information content (AvgIpc) is 2.58. The number of nitrogens with two attached hydrogens (primary N) is 1. The van der Waals surface area contributed by atoms with E-state index in [0.717, 1.165) is 14.5 Å². The van der Waals surface area contributed by atoms with Crippen LogP contribution >= 0.6 is 38.6 Å². The predicted octanol–water partition coefficient (Wildman–Crippen LogP) is 2.61. The molecule has 0 spiro atoms. The number of halogens is 1. The van der Waals surface area contributed by atoms with E-state index in [2.05, 4.69) is 25.9 Å². The quantitative estimate of drug-likeness (QED) is 0.859. The van der Waals surface area contributed by atoms with Gasteiger partial charge in [-0.1, -0.05) is 0 Å². The molecule has 6 heteroatoms. The molecule has 12 heavy (non-hydrogen) atoms. The first-order valence-electron chi connectivity index (χ1n) is 3.08. The molecule has 2 aromatic heterocycles. The highest BCUT2D eigenvalue weighted by Gasteiger charge is 2.05. The molecule has 0 saturated heterocycles.